The molecule has 60 valence electrons. The summed E-state index contributed by atoms with van der Waals surface area (Å²) >= 11 is 5.58. The van der Waals surface area contributed by atoms with Gasteiger partial charge in [-0.3, -0.25) is 4.79 Å². The second kappa shape index (κ2) is 4.09. The summed E-state index contributed by atoms with van der Waals surface area (Å²) in [6, 6.07) is 0. The zero-order chi connectivity index (χ0) is 9.02. The number of nitrogens with one attached hydrogen (secondary N) is 1. The summed E-state index contributed by atoms with van der Waals surface area (Å²) in [5, 5.41) is 7.34. The predicted molar refractivity (Wildman–Crippen MR) is 47.2 cm³/mol. The molecular formula is C8H10ClNO. The second-order valence-electron chi connectivity index (χ2n) is 2.20. The number of hydrogen-bond donors (Lipinski definition) is 1. The van der Waals surface area contributed by atoms with Crippen molar-refractivity contribution in [2.75, 3.05) is 0 Å². The standard InChI is InChI=1S/C8H10ClNO/c1-5(7(3)11)4-8(9)6(2)10/h4,10H,1H2,2-3H3/b8-4+,10-6?. The number of ketones is 1. The van der Waals surface area contributed by atoms with Gasteiger partial charge in [-0.1, -0.05) is 18.2 Å². The van der Waals surface area contributed by atoms with Crippen molar-refractivity contribution < 1.29 is 4.79 Å². The summed E-state index contributed by atoms with van der Waals surface area (Å²) in [5.41, 5.74) is 0.552. The molecule has 0 aromatic rings. The van der Waals surface area contributed by atoms with Gasteiger partial charge in [-0.2, -0.15) is 0 Å². The van der Waals surface area contributed by atoms with Crippen LogP contribution in [0.3, 0.4) is 0 Å². The summed E-state index contributed by atoms with van der Waals surface area (Å²) in [6.07, 6.45) is 1.40. The number of allylic oxidation sites excluding steroid dienone is 3. The molecule has 0 radical (unpaired) electrons. The Kier molecular flexibility index (Phi) is 3.76. The van der Waals surface area contributed by atoms with Crippen molar-refractivity contribution in [1.82, 2.24) is 0 Å². The third-order valence-electron chi connectivity index (χ3n) is 1.11. The monoisotopic (exact) mass is 171 g/mol. The molecule has 3 heteroatoms. The van der Waals surface area contributed by atoms with Crippen LogP contribution in [0.5, 0.6) is 0 Å². The van der Waals surface area contributed by atoms with Crippen molar-refractivity contribution >= 4 is 23.1 Å². The summed E-state index contributed by atoms with van der Waals surface area (Å²) in [7, 11) is 0. The second-order valence-corrected chi connectivity index (χ2v) is 2.61. The topological polar surface area (TPSA) is 40.9 Å². The number of carbonyl (C=O) groups excluding carboxylic acids is 1. The van der Waals surface area contributed by atoms with E-state index in [4.69, 9.17) is 17.0 Å². The maximum Gasteiger partial charge on any atom is 0.159 e. The molecule has 0 aliphatic rings. The van der Waals surface area contributed by atoms with E-state index in [0.29, 0.717) is 5.57 Å². The zero-order valence-electron chi connectivity index (χ0n) is 6.57. The molecule has 0 saturated heterocycles. The lowest BCUT2D eigenvalue weighted by Gasteiger charge is -1.94. The molecule has 0 unspecified atom stereocenters. The fourth-order valence-electron chi connectivity index (χ4n) is 0.363. The van der Waals surface area contributed by atoms with Gasteiger partial charge in [0.15, 0.2) is 5.78 Å². The van der Waals surface area contributed by atoms with Crippen LogP contribution >= 0.6 is 11.6 Å². The van der Waals surface area contributed by atoms with Gasteiger partial charge < -0.3 is 5.41 Å². The van der Waals surface area contributed by atoms with E-state index in [1.54, 1.807) is 6.92 Å². The molecule has 0 aromatic heterocycles. The normalized spacial score (nSPS) is 11.0. The Labute approximate surface area is 71.1 Å². The van der Waals surface area contributed by atoms with Crippen LogP contribution in [0.2, 0.25) is 0 Å². The molecule has 0 spiro atoms. The largest absolute Gasteiger partial charge is 0.304 e. The van der Waals surface area contributed by atoms with E-state index in [1.807, 2.05) is 0 Å². The maximum absolute atomic E-state index is 10.6. The summed E-state index contributed by atoms with van der Waals surface area (Å²) in [6.45, 7) is 6.42. The van der Waals surface area contributed by atoms with E-state index < -0.39 is 0 Å². The lowest BCUT2D eigenvalue weighted by Crippen LogP contribution is -1.94. The molecular weight excluding hydrogens is 162 g/mol. The van der Waals surface area contributed by atoms with E-state index in [0.717, 1.165) is 0 Å². The lowest BCUT2D eigenvalue weighted by atomic mass is 10.2. The van der Waals surface area contributed by atoms with Crippen molar-refractivity contribution in [3.05, 3.63) is 23.3 Å². The van der Waals surface area contributed by atoms with Gasteiger partial charge in [0.05, 0.1) is 5.03 Å². The molecule has 0 heterocycles. The molecule has 11 heavy (non-hydrogen) atoms. The third-order valence-corrected chi connectivity index (χ3v) is 1.50. The van der Waals surface area contributed by atoms with Gasteiger partial charge in [-0.25, -0.2) is 0 Å². The van der Waals surface area contributed by atoms with Crippen molar-refractivity contribution in [2.45, 2.75) is 13.8 Å². The minimum absolute atomic E-state index is 0.135. The molecule has 0 rings (SSSR count). The van der Waals surface area contributed by atoms with Crippen LogP contribution in [0.4, 0.5) is 0 Å². The van der Waals surface area contributed by atoms with Gasteiger partial charge in [-0.05, 0) is 19.9 Å². The zero-order valence-corrected chi connectivity index (χ0v) is 7.33. The molecule has 2 nitrogen and oxygen atoms in total. The van der Waals surface area contributed by atoms with Crippen molar-refractivity contribution in [1.29, 1.82) is 5.41 Å². The van der Waals surface area contributed by atoms with E-state index in [2.05, 4.69) is 6.58 Å². The van der Waals surface area contributed by atoms with E-state index in [-0.39, 0.29) is 16.5 Å². The predicted octanol–water partition coefficient (Wildman–Crippen LogP) is 2.29. The Morgan fingerprint density at radius 3 is 2.27 bits per heavy atom. The summed E-state index contributed by atoms with van der Waals surface area (Å²) in [4.78, 5) is 10.6. The molecule has 0 saturated carbocycles. The molecule has 0 bridgehead atoms. The van der Waals surface area contributed by atoms with Crippen molar-refractivity contribution in [2.24, 2.45) is 0 Å². The number of carbonyl (C=O) groups is 1. The highest BCUT2D eigenvalue weighted by atomic mass is 35.5. The van der Waals surface area contributed by atoms with Crippen LogP contribution in [-0.4, -0.2) is 11.5 Å². The maximum atomic E-state index is 10.6. The SMILES string of the molecule is C=C(/C=C(/Cl)C(C)=N)C(C)=O. The van der Waals surface area contributed by atoms with Gasteiger partial charge in [0.1, 0.15) is 0 Å². The van der Waals surface area contributed by atoms with Crippen LogP contribution in [0.25, 0.3) is 0 Å². The van der Waals surface area contributed by atoms with E-state index in [9.17, 15) is 4.79 Å². The van der Waals surface area contributed by atoms with E-state index in [1.165, 1.54) is 13.0 Å². The fraction of sp³-hybridized carbons (Fsp3) is 0.250. The highest BCUT2D eigenvalue weighted by Gasteiger charge is 1.99. The average Bonchev–Trinajstić information content (AvgIpc) is 1.87. The van der Waals surface area contributed by atoms with E-state index >= 15 is 0 Å². The van der Waals surface area contributed by atoms with Gasteiger partial charge in [0, 0.05) is 11.3 Å². The van der Waals surface area contributed by atoms with Crippen LogP contribution in [0.1, 0.15) is 13.8 Å². The first-order valence-electron chi connectivity index (χ1n) is 3.07. The number of Topliss-reactive ketones (excluding diaryl/α,β-unsaturated/α-hetero) is 1. The molecule has 0 aromatic carbocycles. The van der Waals surface area contributed by atoms with Crippen LogP contribution in [-0.2, 0) is 4.79 Å². The quantitative estimate of drug-likeness (QED) is 0.395. The highest BCUT2D eigenvalue weighted by molar-refractivity contribution is 6.43. The summed E-state index contributed by atoms with van der Waals surface area (Å²) < 4.78 is 0. The molecule has 0 aliphatic carbocycles. The summed E-state index contributed by atoms with van der Waals surface area (Å²) in [5.74, 6) is -0.135. The number of rotatable bonds is 3. The first-order chi connectivity index (χ1) is 4.95. The van der Waals surface area contributed by atoms with Crippen molar-refractivity contribution in [3.63, 3.8) is 0 Å². The lowest BCUT2D eigenvalue weighted by molar-refractivity contribution is -0.113. The van der Waals surface area contributed by atoms with Gasteiger partial charge in [0.25, 0.3) is 0 Å². The first kappa shape index (κ1) is 10.1. The van der Waals surface area contributed by atoms with Gasteiger partial charge in [-0.15, -0.1) is 0 Å². The third kappa shape index (κ3) is 3.73. The van der Waals surface area contributed by atoms with Gasteiger partial charge in [0.2, 0.25) is 0 Å². The Bertz CT molecular complexity index is 240. The van der Waals surface area contributed by atoms with Crippen LogP contribution < -0.4 is 0 Å². The molecule has 0 aliphatic heterocycles. The van der Waals surface area contributed by atoms with Crippen molar-refractivity contribution in [3.8, 4) is 0 Å². The minimum atomic E-state index is -0.135. The smallest absolute Gasteiger partial charge is 0.159 e. The first-order valence-corrected chi connectivity index (χ1v) is 3.45. The number of halogens is 1. The molecule has 1 N–H and O–H groups in total. The Balaban J connectivity index is 4.44. The molecule has 0 fully saturated rings. The Hall–Kier alpha value is -0.890. The molecule has 0 atom stereocenters. The average molecular weight is 172 g/mol. The van der Waals surface area contributed by atoms with Gasteiger partial charge >= 0.3 is 0 Å². The van der Waals surface area contributed by atoms with Crippen LogP contribution in [0, 0.1) is 5.41 Å². The molecule has 0 amide bonds. The Morgan fingerprint density at radius 1 is 1.55 bits per heavy atom. The highest BCUT2D eigenvalue weighted by Crippen LogP contribution is 2.07. The minimum Gasteiger partial charge on any atom is -0.304 e. The fourth-order valence-corrected chi connectivity index (χ4v) is 0.495. The van der Waals surface area contributed by atoms with Crippen LogP contribution in [0.15, 0.2) is 23.3 Å². The number of hydrogen-bond acceptors (Lipinski definition) is 2. The Morgan fingerprint density at radius 2 is 2.00 bits per heavy atom.